The van der Waals surface area contributed by atoms with Crippen LogP contribution < -0.4 is 11.2 Å². The molecule has 31 heavy (non-hydrogen) atoms. The zero-order valence-corrected chi connectivity index (χ0v) is 17.9. The van der Waals surface area contributed by atoms with E-state index in [1.807, 2.05) is 45.0 Å². The largest absolute Gasteiger partial charge is 0.337 e. The molecule has 0 atom stereocenters. The van der Waals surface area contributed by atoms with Gasteiger partial charge in [0.1, 0.15) is 5.82 Å². The summed E-state index contributed by atoms with van der Waals surface area (Å²) in [5, 5.41) is 0. The van der Waals surface area contributed by atoms with E-state index in [-0.39, 0.29) is 23.5 Å². The Balaban J connectivity index is 2.00. The molecule has 0 spiro atoms. The first-order valence-corrected chi connectivity index (χ1v) is 10.4. The molecule has 0 radical (unpaired) electrons. The Morgan fingerprint density at radius 2 is 1.74 bits per heavy atom. The van der Waals surface area contributed by atoms with E-state index in [9.17, 15) is 14.0 Å². The molecule has 160 valence electrons. The lowest BCUT2D eigenvalue weighted by molar-refractivity contribution is 0.491. The van der Waals surface area contributed by atoms with Crippen LogP contribution in [0.3, 0.4) is 0 Å². The molecule has 0 aliphatic carbocycles. The van der Waals surface area contributed by atoms with Gasteiger partial charge in [-0.15, -0.1) is 0 Å². The standard InChI is InChI=1S/C24H25FN4O2/c1-16(2)12-13-28-23(30)21-22(29(24(28)31)20-11-7-4-8-17(20)3)26-15-27(21)14-18-9-5-6-10-19(18)25/h4-11,15-16H,12-14H2,1-3H3. The molecule has 0 saturated heterocycles. The lowest BCUT2D eigenvalue weighted by Crippen LogP contribution is -2.40. The average Bonchev–Trinajstić information content (AvgIpc) is 3.14. The van der Waals surface area contributed by atoms with Gasteiger partial charge in [0.05, 0.1) is 18.6 Å². The zero-order chi connectivity index (χ0) is 22.1. The number of hydrogen-bond donors (Lipinski definition) is 0. The Hall–Kier alpha value is -3.48. The number of halogens is 1. The third-order valence-electron chi connectivity index (χ3n) is 5.49. The second kappa shape index (κ2) is 8.34. The molecule has 2 aromatic carbocycles. The fourth-order valence-electron chi connectivity index (χ4n) is 3.73. The molecule has 0 fully saturated rings. The summed E-state index contributed by atoms with van der Waals surface area (Å²) in [7, 11) is 0. The van der Waals surface area contributed by atoms with Crippen molar-refractivity contribution in [3.05, 3.63) is 92.6 Å². The summed E-state index contributed by atoms with van der Waals surface area (Å²) in [5.41, 5.74) is 1.76. The van der Waals surface area contributed by atoms with E-state index in [4.69, 9.17) is 0 Å². The second-order valence-corrected chi connectivity index (χ2v) is 8.18. The number of rotatable bonds is 6. The maximum atomic E-state index is 14.3. The maximum Gasteiger partial charge on any atom is 0.337 e. The van der Waals surface area contributed by atoms with E-state index in [0.717, 1.165) is 5.56 Å². The highest BCUT2D eigenvalue weighted by molar-refractivity contribution is 5.73. The minimum atomic E-state index is -0.413. The normalized spacial score (nSPS) is 11.5. The van der Waals surface area contributed by atoms with Gasteiger partial charge in [-0.3, -0.25) is 9.36 Å². The maximum absolute atomic E-state index is 14.3. The number of fused-ring (bicyclic) bond motifs is 1. The van der Waals surface area contributed by atoms with Crippen molar-refractivity contribution in [3.8, 4) is 5.69 Å². The fourth-order valence-corrected chi connectivity index (χ4v) is 3.73. The highest BCUT2D eigenvalue weighted by atomic mass is 19.1. The second-order valence-electron chi connectivity index (χ2n) is 8.18. The summed E-state index contributed by atoms with van der Waals surface area (Å²) >= 11 is 0. The number of benzene rings is 2. The van der Waals surface area contributed by atoms with Gasteiger partial charge in [-0.05, 0) is 37.0 Å². The summed E-state index contributed by atoms with van der Waals surface area (Å²) in [6, 6.07) is 13.9. The van der Waals surface area contributed by atoms with Crippen molar-refractivity contribution in [2.24, 2.45) is 5.92 Å². The van der Waals surface area contributed by atoms with Gasteiger partial charge in [0.2, 0.25) is 0 Å². The first-order chi connectivity index (χ1) is 14.9. The molecule has 2 aromatic heterocycles. The molecule has 0 aliphatic heterocycles. The summed E-state index contributed by atoms with van der Waals surface area (Å²) < 4.78 is 18.6. The molecule has 0 saturated carbocycles. The van der Waals surface area contributed by atoms with E-state index in [1.165, 1.54) is 21.5 Å². The van der Waals surface area contributed by atoms with Gasteiger partial charge in [-0.2, -0.15) is 0 Å². The average molecular weight is 420 g/mol. The topological polar surface area (TPSA) is 61.8 Å². The van der Waals surface area contributed by atoms with Crippen molar-refractivity contribution < 1.29 is 4.39 Å². The van der Waals surface area contributed by atoms with E-state index in [2.05, 4.69) is 4.98 Å². The predicted molar refractivity (Wildman–Crippen MR) is 119 cm³/mol. The van der Waals surface area contributed by atoms with Crippen LogP contribution in [0.5, 0.6) is 0 Å². The third-order valence-corrected chi connectivity index (χ3v) is 5.49. The van der Waals surface area contributed by atoms with Crippen molar-refractivity contribution in [2.45, 2.75) is 40.3 Å². The Morgan fingerprint density at radius 3 is 2.45 bits per heavy atom. The van der Waals surface area contributed by atoms with Crippen molar-refractivity contribution in [1.82, 2.24) is 18.7 Å². The Bertz CT molecular complexity index is 1360. The van der Waals surface area contributed by atoms with Crippen LogP contribution in [0.15, 0.2) is 64.4 Å². The third kappa shape index (κ3) is 3.83. The van der Waals surface area contributed by atoms with Crippen LogP contribution in [0.25, 0.3) is 16.9 Å². The number of imidazole rings is 1. The minimum absolute atomic E-state index is 0.147. The van der Waals surface area contributed by atoms with Gasteiger partial charge >= 0.3 is 5.69 Å². The molecule has 4 aromatic rings. The minimum Gasteiger partial charge on any atom is -0.320 e. The number of aromatic nitrogens is 4. The van der Waals surface area contributed by atoms with Gasteiger partial charge in [0.25, 0.3) is 5.56 Å². The predicted octanol–water partition coefficient (Wildman–Crippen LogP) is 3.89. The van der Waals surface area contributed by atoms with Crippen molar-refractivity contribution in [1.29, 1.82) is 0 Å². The van der Waals surface area contributed by atoms with Crippen LogP contribution in [0.4, 0.5) is 4.39 Å². The molecular weight excluding hydrogens is 395 g/mol. The van der Waals surface area contributed by atoms with Crippen LogP contribution in [0, 0.1) is 18.7 Å². The van der Waals surface area contributed by atoms with E-state index in [1.54, 1.807) is 22.8 Å². The van der Waals surface area contributed by atoms with Crippen LogP contribution in [-0.4, -0.2) is 18.7 Å². The molecule has 0 amide bonds. The highest BCUT2D eigenvalue weighted by Crippen LogP contribution is 2.18. The quantitative estimate of drug-likeness (QED) is 0.475. The highest BCUT2D eigenvalue weighted by Gasteiger charge is 2.20. The monoisotopic (exact) mass is 420 g/mol. The van der Waals surface area contributed by atoms with E-state index < -0.39 is 11.2 Å². The number of para-hydroxylation sites is 1. The molecule has 0 unspecified atom stereocenters. The SMILES string of the molecule is Cc1ccccc1-n1c(=O)n(CCC(C)C)c(=O)c2c1ncn2Cc1ccccc1F. The van der Waals surface area contributed by atoms with Gasteiger partial charge in [0.15, 0.2) is 11.2 Å². The first-order valence-electron chi connectivity index (χ1n) is 10.4. The summed E-state index contributed by atoms with van der Waals surface area (Å²) in [4.78, 5) is 31.2. The summed E-state index contributed by atoms with van der Waals surface area (Å²) in [6.45, 7) is 6.46. The number of nitrogens with zero attached hydrogens (tertiary/aromatic N) is 4. The summed E-state index contributed by atoms with van der Waals surface area (Å²) in [6.07, 6.45) is 2.19. The lowest BCUT2D eigenvalue weighted by Gasteiger charge is -2.15. The van der Waals surface area contributed by atoms with Crippen LogP contribution in [0.2, 0.25) is 0 Å². The lowest BCUT2D eigenvalue weighted by atomic mass is 10.1. The Kier molecular flexibility index (Phi) is 5.59. The smallest absolute Gasteiger partial charge is 0.320 e. The van der Waals surface area contributed by atoms with Crippen LogP contribution in [-0.2, 0) is 13.1 Å². The molecule has 7 heteroatoms. The first kappa shape index (κ1) is 20.8. The Morgan fingerprint density at radius 1 is 1.03 bits per heavy atom. The molecule has 6 nitrogen and oxygen atoms in total. The Labute approximate surface area is 179 Å². The molecular formula is C24H25FN4O2. The van der Waals surface area contributed by atoms with Crippen molar-refractivity contribution >= 4 is 11.2 Å². The van der Waals surface area contributed by atoms with Crippen LogP contribution in [0.1, 0.15) is 31.4 Å². The molecule has 0 bridgehead atoms. The molecule has 2 heterocycles. The van der Waals surface area contributed by atoms with Crippen molar-refractivity contribution in [3.63, 3.8) is 0 Å². The number of hydrogen-bond acceptors (Lipinski definition) is 3. The summed E-state index contributed by atoms with van der Waals surface area (Å²) in [5.74, 6) is -0.0195. The van der Waals surface area contributed by atoms with Crippen LogP contribution >= 0.6 is 0 Å². The van der Waals surface area contributed by atoms with Gasteiger partial charge in [0, 0.05) is 12.1 Å². The zero-order valence-electron chi connectivity index (χ0n) is 17.9. The van der Waals surface area contributed by atoms with Gasteiger partial charge in [-0.25, -0.2) is 18.7 Å². The molecule has 0 N–H and O–H groups in total. The van der Waals surface area contributed by atoms with E-state index >= 15 is 0 Å². The van der Waals surface area contributed by atoms with Gasteiger partial charge < -0.3 is 4.57 Å². The molecule has 0 aliphatic rings. The van der Waals surface area contributed by atoms with Crippen molar-refractivity contribution in [2.75, 3.05) is 0 Å². The fraction of sp³-hybridized carbons (Fsp3) is 0.292. The number of aryl methyl sites for hydroxylation is 1. The molecule has 4 rings (SSSR count). The van der Waals surface area contributed by atoms with Gasteiger partial charge in [-0.1, -0.05) is 50.2 Å². The van der Waals surface area contributed by atoms with E-state index in [0.29, 0.717) is 30.1 Å².